The van der Waals surface area contributed by atoms with Crippen LogP contribution in [0.3, 0.4) is 0 Å². The first-order chi connectivity index (χ1) is 11.8. The van der Waals surface area contributed by atoms with E-state index in [1.165, 1.54) is 19.3 Å². The number of carbonyl (C=O) groups excluding carboxylic acids is 1. The average molecular weight is 321 g/mol. The zero-order valence-corrected chi connectivity index (χ0v) is 13.4. The third kappa shape index (κ3) is 2.89. The van der Waals surface area contributed by atoms with Gasteiger partial charge in [0.1, 0.15) is 0 Å². The van der Waals surface area contributed by atoms with Crippen LogP contribution in [0.5, 0.6) is 0 Å². The number of fused-ring (bicyclic) bond motifs is 1. The summed E-state index contributed by atoms with van der Waals surface area (Å²) in [4.78, 5) is 12.6. The van der Waals surface area contributed by atoms with E-state index in [1.807, 2.05) is 36.4 Å². The highest BCUT2D eigenvalue weighted by Gasteiger charge is 2.22. The smallest absolute Gasteiger partial charge is 0.322 e. The Kier molecular flexibility index (Phi) is 3.99. The van der Waals surface area contributed by atoms with Crippen molar-refractivity contribution in [2.45, 2.75) is 38.0 Å². The van der Waals surface area contributed by atoms with Gasteiger partial charge in [-0.3, -0.25) is 10.1 Å². The lowest BCUT2D eigenvalue weighted by Gasteiger charge is -2.17. The Hall–Kier alpha value is -2.69. The Morgan fingerprint density at radius 2 is 1.79 bits per heavy atom. The number of hydrogen-bond donors (Lipinski definition) is 1. The SMILES string of the molecule is O=C(Nc1nnc(C2CCCCC2)o1)c1cccc2ccccc12. The lowest BCUT2D eigenvalue weighted by molar-refractivity contribution is 0.102. The van der Waals surface area contributed by atoms with Crippen LogP contribution < -0.4 is 5.32 Å². The first-order valence-corrected chi connectivity index (χ1v) is 8.44. The maximum absolute atomic E-state index is 12.6. The van der Waals surface area contributed by atoms with Gasteiger partial charge in [0, 0.05) is 11.5 Å². The van der Waals surface area contributed by atoms with Gasteiger partial charge in [0.2, 0.25) is 5.89 Å². The molecule has 1 fully saturated rings. The lowest BCUT2D eigenvalue weighted by Crippen LogP contribution is -2.12. The molecule has 24 heavy (non-hydrogen) atoms. The predicted molar refractivity (Wildman–Crippen MR) is 92.0 cm³/mol. The minimum Gasteiger partial charge on any atom is -0.408 e. The molecule has 122 valence electrons. The number of hydrogen-bond acceptors (Lipinski definition) is 4. The molecule has 5 heteroatoms. The second kappa shape index (κ2) is 6.43. The second-order valence-electron chi connectivity index (χ2n) is 6.26. The van der Waals surface area contributed by atoms with Gasteiger partial charge in [0.25, 0.3) is 5.91 Å². The molecule has 5 nitrogen and oxygen atoms in total. The standard InChI is InChI=1S/C19H19N3O2/c23-17(16-12-6-10-13-7-4-5-11-15(13)16)20-19-22-21-18(24-19)14-8-2-1-3-9-14/h4-7,10-12,14H,1-3,8-9H2,(H,20,22,23). The third-order valence-corrected chi connectivity index (χ3v) is 4.65. The fourth-order valence-electron chi connectivity index (χ4n) is 3.39. The summed E-state index contributed by atoms with van der Waals surface area (Å²) in [5.41, 5.74) is 0.602. The van der Waals surface area contributed by atoms with Crippen molar-refractivity contribution < 1.29 is 9.21 Å². The zero-order valence-electron chi connectivity index (χ0n) is 13.4. The van der Waals surface area contributed by atoms with E-state index in [9.17, 15) is 4.79 Å². The minimum absolute atomic E-state index is 0.175. The molecular formula is C19H19N3O2. The summed E-state index contributed by atoms with van der Waals surface area (Å²) in [6.45, 7) is 0. The largest absolute Gasteiger partial charge is 0.408 e. The monoisotopic (exact) mass is 321 g/mol. The lowest BCUT2D eigenvalue weighted by atomic mass is 9.89. The van der Waals surface area contributed by atoms with Gasteiger partial charge in [-0.2, -0.15) is 0 Å². The molecule has 1 amide bonds. The summed E-state index contributed by atoms with van der Waals surface area (Å²) < 4.78 is 5.67. The Morgan fingerprint density at radius 3 is 2.67 bits per heavy atom. The molecule has 0 unspecified atom stereocenters. The highest BCUT2D eigenvalue weighted by atomic mass is 16.4. The van der Waals surface area contributed by atoms with Crippen LogP contribution >= 0.6 is 0 Å². The Balaban J connectivity index is 1.54. The van der Waals surface area contributed by atoms with Crippen LogP contribution in [0.1, 0.15) is 54.3 Å². The van der Waals surface area contributed by atoms with Crippen LogP contribution in [-0.4, -0.2) is 16.1 Å². The molecule has 0 atom stereocenters. The molecule has 0 aliphatic heterocycles. The van der Waals surface area contributed by atoms with Crippen LogP contribution in [0.4, 0.5) is 6.01 Å². The summed E-state index contributed by atoms with van der Waals surface area (Å²) >= 11 is 0. The van der Waals surface area contributed by atoms with Gasteiger partial charge in [0.05, 0.1) is 0 Å². The zero-order chi connectivity index (χ0) is 16.4. The molecule has 1 N–H and O–H groups in total. The summed E-state index contributed by atoms with van der Waals surface area (Å²) in [6.07, 6.45) is 5.84. The van der Waals surface area contributed by atoms with Crippen molar-refractivity contribution in [1.82, 2.24) is 10.2 Å². The molecule has 0 bridgehead atoms. The van der Waals surface area contributed by atoms with Gasteiger partial charge in [-0.1, -0.05) is 60.8 Å². The Bertz CT molecular complexity index is 860. The molecule has 0 saturated heterocycles. The molecule has 1 aromatic heterocycles. The number of amides is 1. The molecule has 0 spiro atoms. The summed E-state index contributed by atoms with van der Waals surface area (Å²) in [7, 11) is 0. The van der Waals surface area contributed by atoms with Crippen molar-refractivity contribution in [1.29, 1.82) is 0 Å². The van der Waals surface area contributed by atoms with Crippen molar-refractivity contribution in [3.05, 3.63) is 53.9 Å². The highest BCUT2D eigenvalue weighted by Crippen LogP contribution is 2.32. The number of nitrogens with one attached hydrogen (secondary N) is 1. The van der Waals surface area contributed by atoms with Crippen molar-refractivity contribution in [3.63, 3.8) is 0 Å². The van der Waals surface area contributed by atoms with E-state index in [0.29, 0.717) is 17.4 Å². The summed E-state index contributed by atoms with van der Waals surface area (Å²) in [5, 5.41) is 12.8. The van der Waals surface area contributed by atoms with E-state index in [0.717, 1.165) is 23.6 Å². The number of aromatic nitrogens is 2. The number of carbonyl (C=O) groups is 1. The van der Waals surface area contributed by atoms with Gasteiger partial charge in [-0.15, -0.1) is 5.10 Å². The number of nitrogens with zero attached hydrogens (tertiary/aromatic N) is 2. The Labute approximate surface area is 140 Å². The Morgan fingerprint density at radius 1 is 1.00 bits per heavy atom. The quantitative estimate of drug-likeness (QED) is 0.770. The van der Waals surface area contributed by atoms with Crippen molar-refractivity contribution in [3.8, 4) is 0 Å². The molecular weight excluding hydrogens is 302 g/mol. The third-order valence-electron chi connectivity index (χ3n) is 4.65. The molecule has 1 heterocycles. The van der Waals surface area contributed by atoms with Crippen molar-refractivity contribution >= 4 is 22.7 Å². The van der Waals surface area contributed by atoms with E-state index in [1.54, 1.807) is 6.07 Å². The van der Waals surface area contributed by atoms with Gasteiger partial charge < -0.3 is 4.42 Å². The van der Waals surface area contributed by atoms with E-state index < -0.39 is 0 Å². The normalized spacial score (nSPS) is 15.5. The number of rotatable bonds is 3. The van der Waals surface area contributed by atoms with Crippen LogP contribution in [0.15, 0.2) is 46.9 Å². The van der Waals surface area contributed by atoms with Crippen LogP contribution in [0.25, 0.3) is 10.8 Å². The fourth-order valence-corrected chi connectivity index (χ4v) is 3.39. The van der Waals surface area contributed by atoms with Gasteiger partial charge >= 0.3 is 6.01 Å². The molecule has 1 aliphatic rings. The van der Waals surface area contributed by atoms with E-state index in [-0.39, 0.29) is 11.9 Å². The maximum Gasteiger partial charge on any atom is 0.322 e. The van der Waals surface area contributed by atoms with Crippen LogP contribution in [0.2, 0.25) is 0 Å². The number of anilines is 1. The van der Waals surface area contributed by atoms with Crippen molar-refractivity contribution in [2.75, 3.05) is 5.32 Å². The van der Waals surface area contributed by atoms with E-state index in [2.05, 4.69) is 15.5 Å². The number of benzene rings is 2. The first kappa shape index (κ1) is 14.9. The molecule has 1 aliphatic carbocycles. The van der Waals surface area contributed by atoms with Gasteiger partial charge in [-0.05, 0) is 29.7 Å². The molecule has 1 saturated carbocycles. The average Bonchev–Trinajstić information content (AvgIpc) is 3.10. The van der Waals surface area contributed by atoms with Crippen LogP contribution in [0, 0.1) is 0 Å². The molecule has 0 radical (unpaired) electrons. The molecule has 4 rings (SSSR count). The topological polar surface area (TPSA) is 68.0 Å². The fraction of sp³-hybridized carbons (Fsp3) is 0.316. The predicted octanol–water partition coefficient (Wildman–Crippen LogP) is 4.52. The van der Waals surface area contributed by atoms with E-state index in [4.69, 9.17) is 4.42 Å². The summed E-state index contributed by atoms with van der Waals surface area (Å²) in [5.74, 6) is 0.739. The highest BCUT2D eigenvalue weighted by molar-refractivity contribution is 6.12. The minimum atomic E-state index is -0.231. The van der Waals surface area contributed by atoms with Crippen LogP contribution in [-0.2, 0) is 0 Å². The summed E-state index contributed by atoms with van der Waals surface area (Å²) in [6, 6.07) is 13.6. The molecule has 3 aromatic rings. The molecule has 2 aromatic carbocycles. The van der Waals surface area contributed by atoms with Gasteiger partial charge in [0.15, 0.2) is 0 Å². The van der Waals surface area contributed by atoms with Crippen molar-refractivity contribution in [2.24, 2.45) is 0 Å². The van der Waals surface area contributed by atoms with E-state index >= 15 is 0 Å². The van der Waals surface area contributed by atoms with Gasteiger partial charge in [-0.25, -0.2) is 0 Å². The first-order valence-electron chi connectivity index (χ1n) is 8.44. The second-order valence-corrected chi connectivity index (χ2v) is 6.26. The maximum atomic E-state index is 12.6.